The molecule has 2 rings (SSSR count). The van der Waals surface area contributed by atoms with Crippen molar-refractivity contribution in [2.45, 2.75) is 18.4 Å². The van der Waals surface area contributed by atoms with Crippen molar-refractivity contribution >= 4 is 5.91 Å². The molecule has 0 aromatic carbocycles. The van der Waals surface area contributed by atoms with Crippen LogP contribution in [0.15, 0.2) is 12.3 Å². The molecule has 1 saturated heterocycles. The molecule has 0 atom stereocenters. The average Bonchev–Trinajstić information content (AvgIpc) is 2.84. The maximum Gasteiger partial charge on any atom is 0.269 e. The van der Waals surface area contributed by atoms with Gasteiger partial charge >= 0.3 is 0 Å². The molecule has 0 radical (unpaired) electrons. The Bertz CT molecular complexity index is 344. The highest BCUT2D eigenvalue weighted by Crippen LogP contribution is 2.19. The van der Waals surface area contributed by atoms with Crippen LogP contribution in [-0.4, -0.2) is 41.4 Å². The van der Waals surface area contributed by atoms with Crippen LogP contribution in [0.25, 0.3) is 0 Å². The Kier molecular flexibility index (Phi) is 3.21. The summed E-state index contributed by atoms with van der Waals surface area (Å²) in [6.45, 7) is 1.71. The van der Waals surface area contributed by atoms with Gasteiger partial charge in [0, 0.05) is 26.0 Å². The fourth-order valence-electron chi connectivity index (χ4n) is 1.83. The van der Waals surface area contributed by atoms with Crippen LogP contribution >= 0.6 is 0 Å². The number of ether oxygens (including phenoxy) is 1. The van der Waals surface area contributed by atoms with Crippen LogP contribution < -0.4 is 11.1 Å². The number of hydrogen-bond acceptors (Lipinski definition) is 4. The lowest BCUT2D eigenvalue weighted by Crippen LogP contribution is -2.56. The molecule has 0 unspecified atom stereocenters. The van der Waals surface area contributed by atoms with Crippen molar-refractivity contribution in [3.63, 3.8) is 0 Å². The smallest absolute Gasteiger partial charge is 0.269 e. The highest BCUT2D eigenvalue weighted by molar-refractivity contribution is 5.92. The minimum Gasteiger partial charge on any atom is -0.381 e. The fraction of sp³-hybridized carbons (Fsp3) is 0.600. The summed E-state index contributed by atoms with van der Waals surface area (Å²) in [6.07, 6.45) is 3.06. The summed E-state index contributed by atoms with van der Waals surface area (Å²) >= 11 is 0. The molecule has 1 amide bonds. The van der Waals surface area contributed by atoms with Crippen LogP contribution in [-0.2, 0) is 4.74 Å². The van der Waals surface area contributed by atoms with E-state index >= 15 is 0 Å². The van der Waals surface area contributed by atoms with Gasteiger partial charge in [0.15, 0.2) is 0 Å². The number of amides is 1. The second-order valence-electron chi connectivity index (χ2n) is 4.02. The molecule has 1 aliphatic heterocycles. The van der Waals surface area contributed by atoms with Crippen molar-refractivity contribution in [1.82, 2.24) is 15.5 Å². The summed E-state index contributed by atoms with van der Waals surface area (Å²) in [7, 11) is 0. The largest absolute Gasteiger partial charge is 0.381 e. The first kappa shape index (κ1) is 11.1. The molecule has 0 bridgehead atoms. The first-order valence-corrected chi connectivity index (χ1v) is 5.35. The van der Waals surface area contributed by atoms with Crippen LogP contribution in [0.2, 0.25) is 0 Å². The molecule has 6 nitrogen and oxygen atoms in total. The van der Waals surface area contributed by atoms with E-state index in [1.165, 1.54) is 0 Å². The van der Waals surface area contributed by atoms with Gasteiger partial charge in [-0.3, -0.25) is 9.89 Å². The predicted octanol–water partition coefficient (Wildman–Crippen LogP) is -0.353. The number of nitrogens with two attached hydrogens (primary N) is 1. The Balaban J connectivity index is 2.03. The molecule has 1 aliphatic rings. The van der Waals surface area contributed by atoms with Gasteiger partial charge in [0.25, 0.3) is 5.91 Å². The second-order valence-corrected chi connectivity index (χ2v) is 4.02. The minimum atomic E-state index is -0.333. The monoisotopic (exact) mass is 224 g/mol. The molecule has 4 N–H and O–H groups in total. The van der Waals surface area contributed by atoms with Crippen LogP contribution in [0.3, 0.4) is 0 Å². The second kappa shape index (κ2) is 4.63. The Hall–Kier alpha value is -1.40. The number of H-pyrrole nitrogens is 1. The quantitative estimate of drug-likeness (QED) is 0.654. The van der Waals surface area contributed by atoms with Crippen molar-refractivity contribution in [1.29, 1.82) is 0 Å². The van der Waals surface area contributed by atoms with Crippen LogP contribution in [0.1, 0.15) is 23.3 Å². The Morgan fingerprint density at radius 2 is 2.38 bits per heavy atom. The Morgan fingerprint density at radius 3 is 2.94 bits per heavy atom. The van der Waals surface area contributed by atoms with E-state index in [1.54, 1.807) is 12.3 Å². The van der Waals surface area contributed by atoms with Gasteiger partial charge in [0.05, 0.1) is 5.54 Å². The topological polar surface area (TPSA) is 93.0 Å². The summed E-state index contributed by atoms with van der Waals surface area (Å²) in [5.41, 5.74) is 5.87. The zero-order valence-corrected chi connectivity index (χ0v) is 9.03. The van der Waals surface area contributed by atoms with Crippen LogP contribution in [0, 0.1) is 0 Å². The van der Waals surface area contributed by atoms with Gasteiger partial charge in [0.2, 0.25) is 0 Å². The van der Waals surface area contributed by atoms with Gasteiger partial charge in [-0.2, -0.15) is 5.10 Å². The standard InChI is InChI=1S/C10H16N4O2/c11-7-10(2-5-16-6-3-10)13-9(15)8-1-4-12-14-8/h1,4H,2-3,5-7,11H2,(H,12,14)(H,13,15). The predicted molar refractivity (Wildman–Crippen MR) is 57.9 cm³/mol. The highest BCUT2D eigenvalue weighted by Gasteiger charge is 2.33. The molecule has 0 saturated carbocycles. The van der Waals surface area contributed by atoms with Crippen LogP contribution in [0.4, 0.5) is 0 Å². The molecule has 1 fully saturated rings. The highest BCUT2D eigenvalue weighted by atomic mass is 16.5. The molecule has 88 valence electrons. The molecule has 16 heavy (non-hydrogen) atoms. The van der Waals surface area contributed by atoms with Crippen molar-refractivity contribution < 1.29 is 9.53 Å². The number of nitrogens with one attached hydrogen (secondary N) is 2. The first-order chi connectivity index (χ1) is 7.76. The first-order valence-electron chi connectivity index (χ1n) is 5.35. The number of carbonyl (C=O) groups excluding carboxylic acids is 1. The molecule has 0 spiro atoms. The van der Waals surface area contributed by atoms with Crippen molar-refractivity contribution in [3.8, 4) is 0 Å². The Labute approximate surface area is 93.5 Å². The summed E-state index contributed by atoms with van der Waals surface area (Å²) in [5, 5.41) is 9.35. The third-order valence-electron chi connectivity index (χ3n) is 2.96. The number of aromatic amines is 1. The molecule has 6 heteroatoms. The average molecular weight is 224 g/mol. The lowest BCUT2D eigenvalue weighted by atomic mass is 9.90. The number of rotatable bonds is 3. The summed E-state index contributed by atoms with van der Waals surface area (Å²) < 4.78 is 5.27. The van der Waals surface area contributed by atoms with E-state index in [0.717, 1.165) is 12.8 Å². The maximum atomic E-state index is 11.9. The summed E-state index contributed by atoms with van der Waals surface area (Å²) in [5.74, 6) is -0.162. The molecule has 1 aromatic heterocycles. The number of hydrogen-bond donors (Lipinski definition) is 3. The SMILES string of the molecule is NCC1(NC(=O)c2ccn[nH]2)CCOCC1. The molecule has 2 heterocycles. The third kappa shape index (κ3) is 2.23. The van der Waals surface area contributed by atoms with Gasteiger partial charge in [-0.15, -0.1) is 0 Å². The van der Waals surface area contributed by atoms with Crippen LogP contribution in [0.5, 0.6) is 0 Å². The van der Waals surface area contributed by atoms with Gasteiger partial charge in [-0.05, 0) is 18.9 Å². The number of nitrogens with zero attached hydrogens (tertiary/aromatic N) is 1. The lowest BCUT2D eigenvalue weighted by Gasteiger charge is -2.36. The minimum absolute atomic E-state index is 0.162. The molecular weight excluding hydrogens is 208 g/mol. The fourth-order valence-corrected chi connectivity index (χ4v) is 1.83. The number of aromatic nitrogens is 2. The van der Waals surface area contributed by atoms with E-state index in [9.17, 15) is 4.79 Å². The summed E-state index contributed by atoms with van der Waals surface area (Å²) in [4.78, 5) is 11.9. The van der Waals surface area contributed by atoms with E-state index in [2.05, 4.69) is 15.5 Å². The van der Waals surface area contributed by atoms with Crippen molar-refractivity contribution in [3.05, 3.63) is 18.0 Å². The van der Waals surface area contributed by atoms with E-state index in [4.69, 9.17) is 10.5 Å². The van der Waals surface area contributed by atoms with E-state index in [1.807, 2.05) is 0 Å². The number of carbonyl (C=O) groups is 1. The van der Waals surface area contributed by atoms with E-state index in [-0.39, 0.29) is 11.4 Å². The zero-order valence-electron chi connectivity index (χ0n) is 9.03. The zero-order chi connectivity index (χ0) is 11.4. The molecule has 0 aliphatic carbocycles. The van der Waals surface area contributed by atoms with Crippen molar-refractivity contribution in [2.24, 2.45) is 5.73 Å². The summed E-state index contributed by atoms with van der Waals surface area (Å²) in [6, 6.07) is 1.64. The third-order valence-corrected chi connectivity index (χ3v) is 2.96. The van der Waals surface area contributed by atoms with Gasteiger partial charge in [0.1, 0.15) is 5.69 Å². The van der Waals surface area contributed by atoms with E-state index < -0.39 is 0 Å². The lowest BCUT2D eigenvalue weighted by molar-refractivity contribution is 0.0387. The normalized spacial score (nSPS) is 19.3. The molecule has 1 aromatic rings. The van der Waals surface area contributed by atoms with E-state index in [0.29, 0.717) is 25.5 Å². The Morgan fingerprint density at radius 1 is 1.62 bits per heavy atom. The van der Waals surface area contributed by atoms with Gasteiger partial charge in [-0.25, -0.2) is 0 Å². The molecular formula is C10H16N4O2. The maximum absolute atomic E-state index is 11.9. The van der Waals surface area contributed by atoms with Crippen molar-refractivity contribution in [2.75, 3.05) is 19.8 Å². The van der Waals surface area contributed by atoms with Gasteiger partial charge in [-0.1, -0.05) is 0 Å². The van der Waals surface area contributed by atoms with Gasteiger partial charge < -0.3 is 15.8 Å².